The fraction of sp³-hybridized carbons (Fsp3) is 0.471. The molecule has 3 aliphatic rings. The average molecular weight is 550 g/mol. The monoisotopic (exact) mass is 549 g/mol. The van der Waals surface area contributed by atoms with E-state index in [2.05, 4.69) is 83.6 Å². The number of anilines is 1. The van der Waals surface area contributed by atoms with Gasteiger partial charge in [-0.3, -0.25) is 4.90 Å². The van der Waals surface area contributed by atoms with Crippen molar-refractivity contribution in [2.45, 2.75) is 88.5 Å². The van der Waals surface area contributed by atoms with Crippen molar-refractivity contribution in [2.24, 2.45) is 0 Å². The highest BCUT2D eigenvalue weighted by Crippen LogP contribution is 2.49. The smallest absolute Gasteiger partial charge is 0.120 e. The van der Waals surface area contributed by atoms with Crippen LogP contribution in [0.3, 0.4) is 0 Å². The maximum atomic E-state index is 4.45. The molecule has 0 radical (unpaired) electrons. The van der Waals surface area contributed by atoms with Crippen molar-refractivity contribution in [3.8, 4) is 0 Å². The highest BCUT2D eigenvalue weighted by molar-refractivity contribution is 5.62. The Morgan fingerprint density at radius 3 is 2.10 bits per heavy atom. The van der Waals surface area contributed by atoms with E-state index >= 15 is 0 Å². The number of fused-ring (bicyclic) bond motifs is 2. The summed E-state index contributed by atoms with van der Waals surface area (Å²) >= 11 is 0. The fourth-order valence-corrected chi connectivity index (χ4v) is 7.79. The Hall–Kier alpha value is -3.42. The van der Waals surface area contributed by atoms with Crippen LogP contribution < -0.4 is 5.32 Å². The number of piperidine rings is 1. The highest BCUT2D eigenvalue weighted by Gasteiger charge is 2.48. The molecule has 2 aliphatic heterocycles. The number of para-hydroxylation sites is 1. The van der Waals surface area contributed by atoms with Gasteiger partial charge in [-0.2, -0.15) is 0 Å². The Balaban J connectivity index is 1.04. The largest absolute Gasteiger partial charge is 0.381 e. The normalized spacial score (nSPS) is 20.9. The molecule has 214 valence electrons. The number of imidazole rings is 2. The van der Waals surface area contributed by atoms with Gasteiger partial charge in [0.25, 0.3) is 0 Å². The van der Waals surface area contributed by atoms with Crippen molar-refractivity contribution >= 4 is 5.69 Å². The third-order valence-corrected chi connectivity index (χ3v) is 9.97. The van der Waals surface area contributed by atoms with E-state index in [1.54, 1.807) is 5.56 Å². The maximum absolute atomic E-state index is 4.45. The molecule has 1 aliphatic carbocycles. The zero-order valence-electron chi connectivity index (χ0n) is 24.1. The molecule has 0 bridgehead atoms. The molecule has 7 nitrogen and oxygen atoms in total. The highest BCUT2D eigenvalue weighted by atomic mass is 15.2. The molecule has 1 unspecified atom stereocenters. The molecule has 1 atom stereocenters. The van der Waals surface area contributed by atoms with Gasteiger partial charge < -0.3 is 20.2 Å². The molecule has 1 spiro atoms. The number of benzene rings is 2. The van der Waals surface area contributed by atoms with Crippen molar-refractivity contribution in [3.05, 3.63) is 102 Å². The van der Waals surface area contributed by atoms with Gasteiger partial charge in [0.2, 0.25) is 0 Å². The Morgan fingerprint density at radius 2 is 1.44 bits per heavy atom. The standard InChI is InChI=1S/C34H43N7/c1-2-6-28(7-3-1)41-20-14-34(15-21-41)29-8-4-5-9-30(29)39-31(34)22-26-10-12-27(13-11-26)23-40(24-32-35-16-17-36-32)25-33-37-18-19-38-33/h4-5,8-13,16-19,28,31,39H,1-3,6-7,14-15,20-25H2,(H,35,36)(H,37,38). The van der Waals surface area contributed by atoms with Crippen molar-refractivity contribution < 1.29 is 0 Å². The molecular weight excluding hydrogens is 506 g/mol. The zero-order chi connectivity index (χ0) is 27.5. The van der Waals surface area contributed by atoms with Crippen LogP contribution in [0, 0.1) is 0 Å². The van der Waals surface area contributed by atoms with Crippen molar-refractivity contribution in [2.75, 3.05) is 18.4 Å². The molecule has 0 amide bonds. The van der Waals surface area contributed by atoms with Gasteiger partial charge in [0.05, 0.1) is 13.1 Å². The molecule has 4 aromatic rings. The van der Waals surface area contributed by atoms with Crippen LogP contribution in [-0.4, -0.2) is 54.9 Å². The average Bonchev–Trinajstić information content (AvgIpc) is 3.78. The van der Waals surface area contributed by atoms with Crippen LogP contribution in [0.2, 0.25) is 0 Å². The first-order chi connectivity index (χ1) is 20.2. The third-order valence-electron chi connectivity index (χ3n) is 9.97. The van der Waals surface area contributed by atoms with Gasteiger partial charge in [0.1, 0.15) is 11.6 Å². The predicted octanol–water partition coefficient (Wildman–Crippen LogP) is 6.04. The first kappa shape index (κ1) is 26.5. The number of H-pyrrole nitrogens is 2. The van der Waals surface area contributed by atoms with Crippen LogP contribution in [0.25, 0.3) is 0 Å². The van der Waals surface area contributed by atoms with E-state index in [9.17, 15) is 0 Å². The van der Waals surface area contributed by atoms with E-state index in [-0.39, 0.29) is 5.41 Å². The number of hydrogen-bond acceptors (Lipinski definition) is 5. The number of likely N-dealkylation sites (tertiary alicyclic amines) is 1. The van der Waals surface area contributed by atoms with Crippen LogP contribution in [0.5, 0.6) is 0 Å². The lowest BCUT2D eigenvalue weighted by Crippen LogP contribution is -2.52. The summed E-state index contributed by atoms with van der Waals surface area (Å²) in [7, 11) is 0. The third kappa shape index (κ3) is 5.70. The molecule has 2 aromatic carbocycles. The SMILES string of the molecule is c1ccc2c(c1)NC(Cc1ccc(CN(Cc3ncc[nH]3)Cc3ncc[nH]3)cc1)C21CCN(C2CCCCC2)CC1. The van der Waals surface area contributed by atoms with E-state index in [1.807, 2.05) is 24.8 Å². The number of hydrogen-bond donors (Lipinski definition) is 3. The summed E-state index contributed by atoms with van der Waals surface area (Å²) in [6, 6.07) is 19.7. The van der Waals surface area contributed by atoms with Crippen molar-refractivity contribution in [1.29, 1.82) is 0 Å². The lowest BCUT2D eigenvalue weighted by molar-refractivity contribution is 0.0879. The maximum Gasteiger partial charge on any atom is 0.120 e. The molecular formula is C34H43N7. The first-order valence-electron chi connectivity index (χ1n) is 15.6. The predicted molar refractivity (Wildman–Crippen MR) is 163 cm³/mol. The van der Waals surface area contributed by atoms with Crippen molar-refractivity contribution in [3.63, 3.8) is 0 Å². The van der Waals surface area contributed by atoms with Gasteiger partial charge in [-0.25, -0.2) is 9.97 Å². The van der Waals surface area contributed by atoms with E-state index in [0.29, 0.717) is 6.04 Å². The summed E-state index contributed by atoms with van der Waals surface area (Å²) in [6.07, 6.45) is 18.0. The summed E-state index contributed by atoms with van der Waals surface area (Å²) in [5.74, 6) is 1.94. The van der Waals surface area contributed by atoms with Gasteiger partial charge >= 0.3 is 0 Å². The topological polar surface area (TPSA) is 75.9 Å². The molecule has 4 heterocycles. The molecule has 7 heteroatoms. The second kappa shape index (κ2) is 11.8. The quantitative estimate of drug-likeness (QED) is 0.237. The lowest BCUT2D eigenvalue weighted by Gasteiger charge is -2.46. The molecule has 3 N–H and O–H groups in total. The van der Waals surface area contributed by atoms with Gasteiger partial charge in [-0.15, -0.1) is 0 Å². The van der Waals surface area contributed by atoms with E-state index in [0.717, 1.165) is 43.7 Å². The van der Waals surface area contributed by atoms with Gasteiger partial charge in [0, 0.05) is 54.5 Å². The number of aromatic nitrogens is 4. The van der Waals surface area contributed by atoms with E-state index < -0.39 is 0 Å². The summed E-state index contributed by atoms with van der Waals surface area (Å²) in [4.78, 5) is 20.6. The summed E-state index contributed by atoms with van der Waals surface area (Å²) in [5, 5.41) is 3.99. The molecule has 2 aromatic heterocycles. The molecule has 7 rings (SSSR count). The van der Waals surface area contributed by atoms with Crippen LogP contribution in [-0.2, 0) is 31.5 Å². The van der Waals surface area contributed by atoms with Gasteiger partial charge in [-0.1, -0.05) is 61.7 Å². The summed E-state index contributed by atoms with van der Waals surface area (Å²) in [6.45, 7) is 4.81. The number of aromatic amines is 2. The minimum Gasteiger partial charge on any atom is -0.381 e. The lowest BCUT2D eigenvalue weighted by atomic mass is 9.68. The van der Waals surface area contributed by atoms with E-state index in [4.69, 9.17) is 0 Å². The van der Waals surface area contributed by atoms with Crippen LogP contribution >= 0.6 is 0 Å². The molecule has 1 saturated heterocycles. The Bertz CT molecular complexity index is 1330. The van der Waals surface area contributed by atoms with Gasteiger partial charge in [-0.05, 0) is 68.0 Å². The summed E-state index contributed by atoms with van der Waals surface area (Å²) in [5.41, 5.74) is 5.86. The fourth-order valence-electron chi connectivity index (χ4n) is 7.79. The minimum absolute atomic E-state index is 0.226. The Kier molecular flexibility index (Phi) is 7.64. The zero-order valence-corrected chi connectivity index (χ0v) is 24.1. The van der Waals surface area contributed by atoms with Crippen molar-refractivity contribution in [1.82, 2.24) is 29.7 Å². The number of nitrogens with zero attached hydrogens (tertiary/aromatic N) is 4. The van der Waals surface area contributed by atoms with Crippen LogP contribution in [0.1, 0.15) is 73.3 Å². The summed E-state index contributed by atoms with van der Waals surface area (Å²) < 4.78 is 0. The second-order valence-electron chi connectivity index (χ2n) is 12.5. The van der Waals surface area contributed by atoms with Crippen LogP contribution in [0.4, 0.5) is 5.69 Å². The second-order valence-corrected chi connectivity index (χ2v) is 12.5. The van der Waals surface area contributed by atoms with E-state index in [1.165, 1.54) is 74.8 Å². The minimum atomic E-state index is 0.226. The van der Waals surface area contributed by atoms with Crippen LogP contribution in [0.15, 0.2) is 73.3 Å². The Morgan fingerprint density at radius 1 is 0.780 bits per heavy atom. The molecule has 41 heavy (non-hydrogen) atoms. The first-order valence-corrected chi connectivity index (χ1v) is 15.6. The molecule has 1 saturated carbocycles. The molecule has 2 fully saturated rings. The number of nitrogens with one attached hydrogen (secondary N) is 3. The Labute approximate surface area is 243 Å². The van der Waals surface area contributed by atoms with Gasteiger partial charge in [0.15, 0.2) is 0 Å². The number of rotatable bonds is 9.